The first-order valence-corrected chi connectivity index (χ1v) is 5.90. The van der Waals surface area contributed by atoms with Crippen molar-refractivity contribution >= 4 is 56.4 Å². The molecule has 0 amide bonds. The largest absolute Gasteiger partial charge is 0.430 e. The summed E-state index contributed by atoms with van der Waals surface area (Å²) in [4.78, 5) is 60.1. The molecule has 0 saturated carbocycles. The molecule has 0 bridgehead atoms. The molecule has 0 aliphatic carbocycles. The van der Waals surface area contributed by atoms with E-state index in [1.807, 2.05) is 0 Å². The molecule has 0 aliphatic rings. The van der Waals surface area contributed by atoms with Crippen molar-refractivity contribution in [2.24, 2.45) is 0 Å². The van der Waals surface area contributed by atoms with Crippen LogP contribution in [-0.4, -0.2) is 30.2 Å². The minimum atomic E-state index is -1.98. The molecule has 0 unspecified atom stereocenters. The van der Waals surface area contributed by atoms with E-state index in [-0.39, 0.29) is 0 Å². The number of benzene rings is 1. The smallest absolute Gasteiger partial charge is 0.275 e. The highest BCUT2D eigenvalue weighted by molar-refractivity contribution is 6.72. The molecule has 1 aromatic rings. The van der Waals surface area contributed by atoms with Gasteiger partial charge in [0, 0.05) is 0 Å². The van der Waals surface area contributed by atoms with Gasteiger partial charge in [0.2, 0.25) is 0 Å². The Kier molecular flexibility index (Phi) is 5.06. The van der Waals surface area contributed by atoms with E-state index in [1.54, 1.807) is 0 Å². The minimum absolute atomic E-state index is 1.59. The van der Waals surface area contributed by atoms with Gasteiger partial charge in [-0.25, -0.2) is 0 Å². The summed E-state index contributed by atoms with van der Waals surface area (Å²) in [7, 11) is 0. The Morgan fingerprint density at radius 3 is 0.917 bits per heavy atom. The van der Waals surface area contributed by atoms with E-state index in [0.717, 1.165) is 0 Å². The van der Waals surface area contributed by atoms with Crippen LogP contribution >= 0.6 is 23.2 Å². The molecule has 1 rings (SSSR count). The lowest BCUT2D eigenvalue weighted by Gasteiger charge is -2.06. The van der Waals surface area contributed by atoms with Crippen LogP contribution in [0.2, 0.25) is 0 Å². The van der Waals surface area contributed by atoms with Crippen molar-refractivity contribution in [3.63, 3.8) is 0 Å². The van der Waals surface area contributed by atoms with Gasteiger partial charge in [-0.05, 0) is 23.2 Å². The fourth-order valence-electron chi connectivity index (χ4n) is 1.78. The molecule has 24 heavy (non-hydrogen) atoms. The van der Waals surface area contributed by atoms with E-state index >= 15 is 0 Å². The molecule has 0 aromatic heterocycles. The number of carbonyl (C=O) groups is 2. The van der Waals surface area contributed by atoms with Crippen molar-refractivity contribution in [1.82, 2.24) is 0 Å². The van der Waals surface area contributed by atoms with E-state index in [4.69, 9.17) is 23.2 Å². The summed E-state index contributed by atoms with van der Waals surface area (Å²) in [6.45, 7) is 0. The maximum absolute atomic E-state index is 11.4. The third kappa shape index (κ3) is 2.95. The fraction of sp³-hybridized carbons (Fsp3) is 0. The molecule has 0 spiro atoms. The zero-order chi connectivity index (χ0) is 18.9. The molecule has 16 heteroatoms. The Labute approximate surface area is 138 Å². The number of nitro groups is 4. The van der Waals surface area contributed by atoms with Gasteiger partial charge in [0.15, 0.2) is 0 Å². The topological polar surface area (TPSA) is 207 Å². The van der Waals surface area contributed by atoms with Crippen molar-refractivity contribution in [2.75, 3.05) is 0 Å². The summed E-state index contributed by atoms with van der Waals surface area (Å²) >= 11 is 10.0. The second kappa shape index (κ2) is 6.47. The monoisotopic (exact) mass is 382 g/mol. The number of hydrogen-bond acceptors (Lipinski definition) is 10. The van der Waals surface area contributed by atoms with Gasteiger partial charge in [0.25, 0.3) is 10.5 Å². The summed E-state index contributed by atoms with van der Waals surface area (Å²) in [6.07, 6.45) is 0. The number of hydrogen-bond donors (Lipinski definition) is 0. The Bertz CT molecular complexity index is 652. The summed E-state index contributed by atoms with van der Waals surface area (Å²) < 4.78 is 0. The summed E-state index contributed by atoms with van der Waals surface area (Å²) in [5.74, 6) is 0. The Morgan fingerprint density at radius 1 is 0.583 bits per heavy atom. The summed E-state index contributed by atoms with van der Waals surface area (Å²) in [5, 5.41) is 40.3. The molecule has 1 aromatic carbocycles. The van der Waals surface area contributed by atoms with Crippen LogP contribution < -0.4 is 0 Å². The van der Waals surface area contributed by atoms with Gasteiger partial charge in [-0.1, -0.05) is 0 Å². The zero-order valence-electron chi connectivity index (χ0n) is 10.6. The highest BCUT2D eigenvalue weighted by Crippen LogP contribution is 2.49. The third-order valence-electron chi connectivity index (χ3n) is 2.52. The Hall–Kier alpha value is -3.26. The van der Waals surface area contributed by atoms with Crippen LogP contribution in [0, 0.1) is 40.5 Å². The second-order valence-corrected chi connectivity index (χ2v) is 4.41. The van der Waals surface area contributed by atoms with Crippen LogP contribution in [0.5, 0.6) is 0 Å². The van der Waals surface area contributed by atoms with Crippen LogP contribution in [0.3, 0.4) is 0 Å². The first-order valence-electron chi connectivity index (χ1n) is 5.14. The van der Waals surface area contributed by atoms with Gasteiger partial charge < -0.3 is 0 Å². The van der Waals surface area contributed by atoms with Gasteiger partial charge in [0.05, 0.1) is 19.7 Å². The molecule has 0 fully saturated rings. The normalized spacial score (nSPS) is 10.1. The highest BCUT2D eigenvalue weighted by Gasteiger charge is 2.52. The maximum Gasteiger partial charge on any atom is 0.430 e. The third-order valence-corrected chi connectivity index (χ3v) is 2.90. The van der Waals surface area contributed by atoms with Crippen molar-refractivity contribution < 1.29 is 29.3 Å². The lowest BCUT2D eigenvalue weighted by Crippen LogP contribution is -2.14. The van der Waals surface area contributed by atoms with Gasteiger partial charge in [-0.15, -0.1) is 0 Å². The predicted molar refractivity (Wildman–Crippen MR) is 73.4 cm³/mol. The van der Waals surface area contributed by atoms with Crippen molar-refractivity contribution in [3.05, 3.63) is 51.6 Å². The lowest BCUT2D eigenvalue weighted by molar-refractivity contribution is -0.452. The summed E-state index contributed by atoms with van der Waals surface area (Å²) in [5.41, 5.74) is -10.9. The zero-order valence-corrected chi connectivity index (χ0v) is 12.1. The second-order valence-electron chi connectivity index (χ2n) is 3.72. The molecule has 126 valence electrons. The van der Waals surface area contributed by atoms with Crippen molar-refractivity contribution in [2.45, 2.75) is 0 Å². The van der Waals surface area contributed by atoms with Crippen LogP contribution in [0.25, 0.3) is 0 Å². The molecule has 0 N–H and O–H groups in total. The van der Waals surface area contributed by atoms with E-state index in [2.05, 4.69) is 0 Å². The number of halogens is 2. The van der Waals surface area contributed by atoms with Crippen LogP contribution in [0.15, 0.2) is 0 Å². The average molecular weight is 383 g/mol. The highest BCUT2D eigenvalue weighted by atomic mass is 35.5. The number of nitro benzene ring substituents is 4. The molecular weight excluding hydrogens is 383 g/mol. The molecule has 0 radical (unpaired) electrons. The quantitative estimate of drug-likeness (QED) is 0.397. The van der Waals surface area contributed by atoms with Crippen molar-refractivity contribution in [1.29, 1.82) is 0 Å². The van der Waals surface area contributed by atoms with Gasteiger partial charge >= 0.3 is 22.7 Å². The molecule has 0 heterocycles. The minimum Gasteiger partial charge on any atom is -0.275 e. The number of nitrogens with zero attached hydrogens (tertiary/aromatic N) is 4. The Morgan fingerprint density at radius 2 is 0.792 bits per heavy atom. The molecule has 0 aliphatic heterocycles. The summed E-state index contributed by atoms with van der Waals surface area (Å²) in [6, 6.07) is 0. The Balaban J connectivity index is 4.50. The SMILES string of the molecule is O=C(Cl)c1c(C(=O)Cl)c([N+](=O)[O-])c([N+](=O)[O-])c([N+](=O)[O-])c1[N+](=O)[O-]. The van der Waals surface area contributed by atoms with Crippen molar-refractivity contribution in [3.8, 4) is 0 Å². The molecule has 0 atom stereocenters. The van der Waals surface area contributed by atoms with Gasteiger partial charge in [0.1, 0.15) is 11.1 Å². The predicted octanol–water partition coefficient (Wildman–Crippen LogP) is 2.08. The molecular formula is C8Cl2N4O10. The first-order chi connectivity index (χ1) is 10.9. The van der Waals surface area contributed by atoms with E-state index in [1.165, 1.54) is 0 Å². The van der Waals surface area contributed by atoms with Gasteiger partial charge in [-0.2, -0.15) is 0 Å². The number of carbonyl (C=O) groups excluding carboxylic acids is 2. The van der Waals surface area contributed by atoms with Gasteiger partial charge in [-0.3, -0.25) is 50.0 Å². The fourth-order valence-corrected chi connectivity index (χ4v) is 2.15. The molecule has 14 nitrogen and oxygen atoms in total. The first kappa shape index (κ1) is 18.8. The van der Waals surface area contributed by atoms with E-state index < -0.39 is 64.1 Å². The standard InChI is InChI=1S/C8Cl2N4O10/c9-7(15)1-2(8(10)16)4(12(19)20)6(14(23)24)5(13(21)22)3(1)11(17)18. The lowest BCUT2D eigenvalue weighted by atomic mass is 10.0. The van der Waals surface area contributed by atoms with E-state index in [0.29, 0.717) is 0 Å². The maximum atomic E-state index is 11.4. The number of rotatable bonds is 6. The van der Waals surface area contributed by atoms with Crippen LogP contribution in [0.1, 0.15) is 20.7 Å². The van der Waals surface area contributed by atoms with E-state index in [9.17, 15) is 50.0 Å². The van der Waals surface area contributed by atoms with Crippen LogP contribution in [0.4, 0.5) is 22.7 Å². The molecule has 0 saturated heterocycles. The van der Waals surface area contributed by atoms with Crippen LogP contribution in [-0.2, 0) is 0 Å². The average Bonchev–Trinajstić information content (AvgIpc) is 2.42.